The molecular formula is C36H53N3O6. The molecule has 0 radical (unpaired) electrons. The zero-order valence-corrected chi connectivity index (χ0v) is 27.2. The molecule has 0 atom stereocenters. The van der Waals surface area contributed by atoms with Gasteiger partial charge in [-0.15, -0.1) is 0 Å². The van der Waals surface area contributed by atoms with E-state index in [9.17, 15) is 19.5 Å². The maximum absolute atomic E-state index is 12.9. The van der Waals surface area contributed by atoms with Crippen LogP contribution in [0.5, 0.6) is 5.75 Å². The average molecular weight is 624 g/mol. The first-order valence-electron chi connectivity index (χ1n) is 16.1. The van der Waals surface area contributed by atoms with Crippen molar-refractivity contribution in [3.05, 3.63) is 84.5 Å². The zero-order valence-electron chi connectivity index (χ0n) is 27.2. The number of rotatable bonds is 23. The predicted molar refractivity (Wildman–Crippen MR) is 183 cm³/mol. The fraction of sp³-hybridized carbons (Fsp3) is 0.472. The minimum atomic E-state index is -1.30. The van der Waals surface area contributed by atoms with E-state index in [1.807, 2.05) is 13.8 Å². The lowest BCUT2D eigenvalue weighted by Gasteiger charge is -2.30. The Morgan fingerprint density at radius 2 is 1.33 bits per heavy atom. The van der Waals surface area contributed by atoms with Crippen molar-refractivity contribution < 1.29 is 29.3 Å². The third kappa shape index (κ3) is 17.1. The van der Waals surface area contributed by atoms with E-state index in [1.54, 1.807) is 0 Å². The molecule has 0 spiro atoms. The Bertz CT molecular complexity index is 1170. The van der Waals surface area contributed by atoms with Crippen molar-refractivity contribution in [3.63, 3.8) is 0 Å². The van der Waals surface area contributed by atoms with Crippen LogP contribution in [0.15, 0.2) is 79.0 Å². The largest absolute Gasteiger partial charge is 0.507 e. The van der Waals surface area contributed by atoms with Crippen molar-refractivity contribution in [2.45, 2.75) is 90.6 Å². The Hall–Kier alpha value is -4.11. The SMILES string of the molecule is CC/C=C\C/C=C\C/C=C\C/C=C\C/C=C\CCCCOC(CC)(CC)C(=O)NCCNC(=O)Nc1ccc(O)c(C(=O)O)c1. The smallest absolute Gasteiger partial charge is 0.339 e. The number of anilines is 1. The van der Waals surface area contributed by atoms with Crippen molar-refractivity contribution in [1.82, 2.24) is 10.6 Å². The van der Waals surface area contributed by atoms with Gasteiger partial charge in [-0.1, -0.05) is 81.5 Å². The van der Waals surface area contributed by atoms with E-state index >= 15 is 0 Å². The standard InChI is InChI=1S/C36H53N3O6/c1-4-7-8-9-10-11-12-13-14-15-16-17-18-19-20-21-22-23-28-45-36(5-2,6-3)34(43)37-26-27-38-35(44)39-30-24-25-32(40)31(29-30)33(41)42/h7-8,10-11,13-14,16-17,19-20,24-25,29,40H,4-6,9,12,15,18,21-23,26-28H2,1-3H3,(H,37,43)(H,41,42)(H2,38,39,44)/b8-7-,11-10-,14-13-,17-16-,20-19-. The number of phenols is 1. The molecule has 3 amide bonds. The summed E-state index contributed by atoms with van der Waals surface area (Å²) in [4.78, 5) is 36.2. The normalized spacial score (nSPS) is 12.2. The second-order valence-corrected chi connectivity index (χ2v) is 10.4. The predicted octanol–water partition coefficient (Wildman–Crippen LogP) is 7.83. The summed E-state index contributed by atoms with van der Waals surface area (Å²) in [5, 5.41) is 26.6. The number of hydrogen-bond acceptors (Lipinski definition) is 5. The maximum Gasteiger partial charge on any atom is 0.339 e. The van der Waals surface area contributed by atoms with E-state index in [0.717, 1.165) is 57.4 Å². The summed E-state index contributed by atoms with van der Waals surface area (Å²) in [6.07, 6.45) is 30.7. The fourth-order valence-corrected chi connectivity index (χ4v) is 4.31. The molecule has 0 saturated heterocycles. The van der Waals surface area contributed by atoms with E-state index in [0.29, 0.717) is 19.4 Å². The Kier molecular flexibility index (Phi) is 21.0. The van der Waals surface area contributed by atoms with Crippen LogP contribution in [0.2, 0.25) is 0 Å². The molecule has 0 aromatic heterocycles. The van der Waals surface area contributed by atoms with Gasteiger partial charge in [-0.3, -0.25) is 4.79 Å². The van der Waals surface area contributed by atoms with Gasteiger partial charge in [-0.25, -0.2) is 9.59 Å². The number of carbonyl (C=O) groups is 3. The number of hydrogen-bond donors (Lipinski definition) is 5. The van der Waals surface area contributed by atoms with Gasteiger partial charge in [-0.2, -0.15) is 0 Å². The number of urea groups is 1. The lowest BCUT2D eigenvalue weighted by Crippen LogP contribution is -2.50. The summed E-state index contributed by atoms with van der Waals surface area (Å²) < 4.78 is 6.09. The van der Waals surface area contributed by atoms with Crippen LogP contribution in [0.4, 0.5) is 10.5 Å². The molecule has 1 aromatic rings. The summed E-state index contributed by atoms with van der Waals surface area (Å²) in [6, 6.07) is 3.18. The second kappa shape index (κ2) is 24.2. The summed E-state index contributed by atoms with van der Waals surface area (Å²) in [5.74, 6) is -1.90. The molecule has 0 aliphatic carbocycles. The van der Waals surface area contributed by atoms with Crippen LogP contribution in [0.1, 0.15) is 95.3 Å². The van der Waals surface area contributed by atoms with Gasteiger partial charge < -0.3 is 30.9 Å². The monoisotopic (exact) mass is 623 g/mol. The highest BCUT2D eigenvalue weighted by Gasteiger charge is 2.35. The van der Waals surface area contributed by atoms with E-state index in [-0.39, 0.29) is 36.0 Å². The third-order valence-corrected chi connectivity index (χ3v) is 7.04. The number of carboxylic acid groups (broad SMARTS) is 1. The van der Waals surface area contributed by atoms with Crippen LogP contribution in [0.25, 0.3) is 0 Å². The highest BCUT2D eigenvalue weighted by atomic mass is 16.5. The molecule has 5 N–H and O–H groups in total. The molecule has 1 rings (SSSR count). The lowest BCUT2D eigenvalue weighted by atomic mass is 9.95. The molecule has 0 unspecified atom stereocenters. The molecule has 45 heavy (non-hydrogen) atoms. The molecule has 0 aliphatic heterocycles. The molecule has 0 saturated carbocycles. The first kappa shape index (κ1) is 38.9. The van der Waals surface area contributed by atoms with Crippen LogP contribution >= 0.6 is 0 Å². The van der Waals surface area contributed by atoms with Crippen molar-refractivity contribution in [1.29, 1.82) is 0 Å². The summed E-state index contributed by atoms with van der Waals surface area (Å²) in [6.45, 7) is 6.85. The lowest BCUT2D eigenvalue weighted by molar-refractivity contribution is -0.148. The Labute approximate surface area is 269 Å². The second-order valence-electron chi connectivity index (χ2n) is 10.4. The van der Waals surface area contributed by atoms with Gasteiger partial charge in [0.25, 0.3) is 5.91 Å². The van der Waals surface area contributed by atoms with Gasteiger partial charge in [0.05, 0.1) is 0 Å². The number of carbonyl (C=O) groups excluding carboxylic acids is 2. The number of ether oxygens (including phenoxy) is 1. The van der Waals surface area contributed by atoms with Gasteiger partial charge in [0.15, 0.2) is 0 Å². The van der Waals surface area contributed by atoms with Crippen molar-refractivity contribution in [2.75, 3.05) is 25.0 Å². The minimum absolute atomic E-state index is 0.165. The number of benzene rings is 1. The highest BCUT2D eigenvalue weighted by molar-refractivity contribution is 5.95. The first-order valence-corrected chi connectivity index (χ1v) is 16.1. The number of nitrogens with one attached hydrogen (secondary N) is 3. The molecule has 0 heterocycles. The van der Waals surface area contributed by atoms with Gasteiger partial charge >= 0.3 is 12.0 Å². The summed E-state index contributed by atoms with van der Waals surface area (Å²) in [7, 11) is 0. The van der Waals surface area contributed by atoms with Gasteiger partial charge in [0.2, 0.25) is 0 Å². The fourth-order valence-electron chi connectivity index (χ4n) is 4.31. The number of carboxylic acids is 1. The topological polar surface area (TPSA) is 137 Å². The van der Waals surface area contributed by atoms with Crippen LogP contribution in [-0.2, 0) is 9.53 Å². The molecular weight excluding hydrogens is 570 g/mol. The van der Waals surface area contributed by atoms with E-state index in [4.69, 9.17) is 9.84 Å². The minimum Gasteiger partial charge on any atom is -0.507 e. The number of allylic oxidation sites excluding steroid dienone is 10. The van der Waals surface area contributed by atoms with Crippen LogP contribution in [0.3, 0.4) is 0 Å². The third-order valence-electron chi connectivity index (χ3n) is 7.04. The molecule has 9 nitrogen and oxygen atoms in total. The number of unbranched alkanes of at least 4 members (excludes halogenated alkanes) is 2. The summed E-state index contributed by atoms with van der Waals surface area (Å²) in [5.41, 5.74) is -1.01. The Morgan fingerprint density at radius 3 is 1.89 bits per heavy atom. The van der Waals surface area contributed by atoms with Crippen LogP contribution < -0.4 is 16.0 Å². The maximum atomic E-state index is 12.9. The Morgan fingerprint density at radius 1 is 0.778 bits per heavy atom. The average Bonchev–Trinajstić information content (AvgIpc) is 3.03. The van der Waals surface area contributed by atoms with Crippen molar-refractivity contribution >= 4 is 23.6 Å². The molecule has 248 valence electrons. The molecule has 1 aromatic carbocycles. The van der Waals surface area contributed by atoms with E-state index in [1.165, 1.54) is 12.1 Å². The number of aromatic carboxylic acids is 1. The highest BCUT2D eigenvalue weighted by Crippen LogP contribution is 2.22. The summed E-state index contributed by atoms with van der Waals surface area (Å²) >= 11 is 0. The van der Waals surface area contributed by atoms with Crippen LogP contribution in [0, 0.1) is 0 Å². The quantitative estimate of drug-likeness (QED) is 0.0479. The zero-order chi connectivity index (χ0) is 33.2. The van der Waals surface area contributed by atoms with Crippen molar-refractivity contribution in [2.24, 2.45) is 0 Å². The van der Waals surface area contributed by atoms with Crippen LogP contribution in [-0.4, -0.2) is 53.4 Å². The van der Waals surface area contributed by atoms with Gasteiger partial charge in [0.1, 0.15) is 16.9 Å². The Balaban J connectivity index is 2.24. The molecule has 0 fully saturated rings. The number of amides is 3. The molecule has 0 bridgehead atoms. The van der Waals surface area contributed by atoms with E-state index < -0.39 is 17.6 Å². The van der Waals surface area contributed by atoms with Gasteiger partial charge in [0, 0.05) is 25.4 Å². The van der Waals surface area contributed by atoms with E-state index in [2.05, 4.69) is 83.6 Å². The molecule has 0 aliphatic rings. The number of aromatic hydroxyl groups is 1. The van der Waals surface area contributed by atoms with Crippen molar-refractivity contribution in [3.8, 4) is 5.75 Å². The molecule has 9 heteroatoms. The van der Waals surface area contributed by atoms with Gasteiger partial charge in [-0.05, 0) is 82.4 Å². The first-order chi connectivity index (χ1) is 21.8.